The molecule has 0 aromatic carbocycles. The minimum atomic E-state index is -0.680. The first-order valence-electron chi connectivity index (χ1n) is 5.25. The zero-order valence-corrected chi connectivity index (χ0v) is 9.69. The van der Waals surface area contributed by atoms with Crippen molar-refractivity contribution in [3.05, 3.63) is 40.4 Å². The molecule has 0 saturated carbocycles. The van der Waals surface area contributed by atoms with Crippen LogP contribution in [0.3, 0.4) is 0 Å². The number of hydrogen-bond acceptors (Lipinski definition) is 5. The first-order chi connectivity index (χ1) is 8.80. The van der Waals surface area contributed by atoms with Crippen LogP contribution < -0.4 is 4.74 Å². The maximum Gasteiger partial charge on any atom is 0.213 e. The Balaban J connectivity index is 2.65. The number of methoxy groups -OCH3 is 1. The number of rotatable bonds is 4. The molecule has 0 saturated heterocycles. The fraction of sp³-hybridized carbons (Fsp3) is 0.273. The third-order valence-electron chi connectivity index (χ3n) is 2.52. The second-order valence-electron chi connectivity index (χ2n) is 3.52. The molecule has 0 amide bonds. The molecular formula is C11H11N5O2. The Kier molecular flexibility index (Phi) is 3.57. The van der Waals surface area contributed by atoms with E-state index in [0.717, 1.165) is 0 Å². The molecule has 1 N–H and O–H groups in total. The topological polar surface area (TPSA) is 104 Å². The SMILES string of the molecule is COc1ccc2nccc([C@@H](CO)N=[N+]=[N-])c2n1. The van der Waals surface area contributed by atoms with Gasteiger partial charge in [0, 0.05) is 17.2 Å². The molecule has 2 heterocycles. The third-order valence-corrected chi connectivity index (χ3v) is 2.52. The van der Waals surface area contributed by atoms with Gasteiger partial charge < -0.3 is 9.84 Å². The number of pyridine rings is 2. The summed E-state index contributed by atoms with van der Waals surface area (Å²) < 4.78 is 5.05. The van der Waals surface area contributed by atoms with Crippen molar-refractivity contribution in [2.24, 2.45) is 5.11 Å². The van der Waals surface area contributed by atoms with E-state index in [-0.39, 0.29) is 6.61 Å². The van der Waals surface area contributed by atoms with Crippen LogP contribution in [0.4, 0.5) is 0 Å². The molecule has 7 heteroatoms. The van der Waals surface area contributed by atoms with E-state index in [2.05, 4.69) is 20.0 Å². The summed E-state index contributed by atoms with van der Waals surface area (Å²) in [6.07, 6.45) is 1.58. The minimum Gasteiger partial charge on any atom is -0.481 e. The molecule has 2 rings (SSSR count). The lowest BCUT2D eigenvalue weighted by Gasteiger charge is -2.10. The van der Waals surface area contributed by atoms with Gasteiger partial charge in [-0.1, -0.05) is 5.11 Å². The van der Waals surface area contributed by atoms with Crippen molar-refractivity contribution in [1.82, 2.24) is 9.97 Å². The van der Waals surface area contributed by atoms with E-state index in [1.54, 1.807) is 24.4 Å². The van der Waals surface area contributed by atoms with Crippen molar-refractivity contribution in [1.29, 1.82) is 0 Å². The van der Waals surface area contributed by atoms with Crippen LogP contribution in [0.25, 0.3) is 21.5 Å². The second kappa shape index (κ2) is 5.31. The molecule has 2 aromatic heterocycles. The second-order valence-corrected chi connectivity index (χ2v) is 3.52. The van der Waals surface area contributed by atoms with Crippen molar-refractivity contribution in [2.45, 2.75) is 6.04 Å². The molecule has 18 heavy (non-hydrogen) atoms. The Morgan fingerprint density at radius 2 is 2.33 bits per heavy atom. The Hall–Kier alpha value is -2.37. The number of hydrogen-bond donors (Lipinski definition) is 1. The van der Waals surface area contributed by atoms with Gasteiger partial charge in [0.25, 0.3) is 0 Å². The molecule has 92 valence electrons. The van der Waals surface area contributed by atoms with Gasteiger partial charge in [-0.2, -0.15) is 0 Å². The van der Waals surface area contributed by atoms with Crippen LogP contribution in [0.2, 0.25) is 0 Å². The van der Waals surface area contributed by atoms with E-state index in [9.17, 15) is 5.11 Å². The summed E-state index contributed by atoms with van der Waals surface area (Å²) in [6, 6.07) is 4.44. The number of aliphatic hydroxyl groups is 1. The fourth-order valence-electron chi connectivity index (χ4n) is 1.67. The molecule has 0 aliphatic rings. The van der Waals surface area contributed by atoms with Gasteiger partial charge in [0.1, 0.15) is 0 Å². The highest BCUT2D eigenvalue weighted by molar-refractivity contribution is 5.78. The summed E-state index contributed by atoms with van der Waals surface area (Å²) in [7, 11) is 1.52. The molecule has 0 aliphatic heterocycles. The average molecular weight is 245 g/mol. The predicted octanol–water partition coefficient (Wildman–Crippen LogP) is 1.98. The molecule has 7 nitrogen and oxygen atoms in total. The van der Waals surface area contributed by atoms with Crippen LogP contribution in [-0.4, -0.2) is 28.8 Å². The number of aliphatic hydroxyl groups excluding tert-OH is 1. The fourth-order valence-corrected chi connectivity index (χ4v) is 1.67. The molecule has 0 fully saturated rings. The van der Waals surface area contributed by atoms with Gasteiger partial charge >= 0.3 is 0 Å². The lowest BCUT2D eigenvalue weighted by Crippen LogP contribution is -2.03. The molecule has 2 aromatic rings. The maximum atomic E-state index is 9.25. The van der Waals surface area contributed by atoms with E-state index in [0.29, 0.717) is 22.5 Å². The first-order valence-corrected chi connectivity index (χ1v) is 5.25. The normalized spacial score (nSPS) is 11.9. The van der Waals surface area contributed by atoms with E-state index in [4.69, 9.17) is 10.3 Å². The van der Waals surface area contributed by atoms with Gasteiger partial charge in [0.15, 0.2) is 0 Å². The summed E-state index contributed by atoms with van der Waals surface area (Å²) in [6.45, 7) is -0.290. The van der Waals surface area contributed by atoms with Gasteiger partial charge in [-0.25, -0.2) is 4.98 Å². The lowest BCUT2D eigenvalue weighted by molar-refractivity contribution is 0.268. The molecular weight excluding hydrogens is 234 g/mol. The van der Waals surface area contributed by atoms with Crippen LogP contribution >= 0.6 is 0 Å². The summed E-state index contributed by atoms with van der Waals surface area (Å²) in [5.74, 6) is 0.439. The Labute approximate surface area is 103 Å². The molecule has 0 spiro atoms. The van der Waals surface area contributed by atoms with E-state index in [1.165, 1.54) is 7.11 Å². The number of fused-ring (bicyclic) bond motifs is 1. The van der Waals surface area contributed by atoms with Crippen LogP contribution in [-0.2, 0) is 0 Å². The molecule has 0 bridgehead atoms. The van der Waals surface area contributed by atoms with E-state index in [1.807, 2.05) is 0 Å². The van der Waals surface area contributed by atoms with E-state index < -0.39 is 6.04 Å². The maximum absolute atomic E-state index is 9.25. The van der Waals surface area contributed by atoms with Crippen LogP contribution in [0.5, 0.6) is 5.88 Å². The van der Waals surface area contributed by atoms with Crippen molar-refractivity contribution < 1.29 is 9.84 Å². The number of azide groups is 1. The standard InChI is InChI=1S/C11H11N5O2/c1-18-10-3-2-8-11(14-10)7(4-5-13-8)9(6-17)15-16-12/h2-5,9,17H,6H2,1H3/t9-/m1/s1. The van der Waals surface area contributed by atoms with Crippen molar-refractivity contribution in [2.75, 3.05) is 13.7 Å². The average Bonchev–Trinajstić information content (AvgIpc) is 2.43. The number of ether oxygens (including phenoxy) is 1. The summed E-state index contributed by atoms with van der Waals surface area (Å²) >= 11 is 0. The molecule has 0 radical (unpaired) electrons. The lowest BCUT2D eigenvalue weighted by atomic mass is 10.1. The van der Waals surface area contributed by atoms with Gasteiger partial charge in [-0.15, -0.1) is 0 Å². The van der Waals surface area contributed by atoms with E-state index >= 15 is 0 Å². The minimum absolute atomic E-state index is 0.290. The quantitative estimate of drug-likeness (QED) is 0.505. The number of nitrogens with zero attached hydrogens (tertiary/aromatic N) is 5. The first kappa shape index (κ1) is 12.1. The highest BCUT2D eigenvalue weighted by Crippen LogP contribution is 2.25. The summed E-state index contributed by atoms with van der Waals surface area (Å²) in [4.78, 5) is 11.1. The highest BCUT2D eigenvalue weighted by atomic mass is 16.5. The van der Waals surface area contributed by atoms with Gasteiger partial charge in [-0.05, 0) is 23.2 Å². The van der Waals surface area contributed by atoms with Gasteiger partial charge in [0.05, 0.1) is 30.8 Å². The number of aromatic nitrogens is 2. The third kappa shape index (κ3) is 2.17. The van der Waals surface area contributed by atoms with Crippen LogP contribution in [0, 0.1) is 0 Å². The van der Waals surface area contributed by atoms with Crippen LogP contribution in [0.1, 0.15) is 11.6 Å². The van der Waals surface area contributed by atoms with Crippen molar-refractivity contribution >= 4 is 11.0 Å². The smallest absolute Gasteiger partial charge is 0.213 e. The zero-order valence-electron chi connectivity index (χ0n) is 9.69. The summed E-state index contributed by atoms with van der Waals surface area (Å²) in [5.41, 5.74) is 10.3. The molecule has 1 atom stereocenters. The zero-order chi connectivity index (χ0) is 13.0. The predicted molar refractivity (Wildman–Crippen MR) is 65.1 cm³/mol. The summed E-state index contributed by atoms with van der Waals surface area (Å²) in [5, 5.41) is 12.8. The van der Waals surface area contributed by atoms with Gasteiger partial charge in [-0.3, -0.25) is 4.98 Å². The highest BCUT2D eigenvalue weighted by Gasteiger charge is 2.14. The Morgan fingerprint density at radius 3 is 3.00 bits per heavy atom. The largest absolute Gasteiger partial charge is 0.481 e. The molecule has 0 unspecified atom stereocenters. The Morgan fingerprint density at radius 1 is 1.50 bits per heavy atom. The van der Waals surface area contributed by atoms with Crippen molar-refractivity contribution in [3.63, 3.8) is 0 Å². The Bertz CT molecular complexity index is 609. The van der Waals surface area contributed by atoms with Crippen LogP contribution in [0.15, 0.2) is 29.5 Å². The van der Waals surface area contributed by atoms with Crippen molar-refractivity contribution in [3.8, 4) is 5.88 Å². The molecule has 0 aliphatic carbocycles. The monoisotopic (exact) mass is 245 g/mol. The van der Waals surface area contributed by atoms with Gasteiger partial charge in [0.2, 0.25) is 5.88 Å².